The number of aromatic nitrogens is 4. The third kappa shape index (κ3) is 2.77. The number of hydrogen-bond donors (Lipinski definition) is 2. The molecular weight excluding hydrogens is 367 g/mol. The lowest BCUT2D eigenvalue weighted by Gasteiger charge is -2.02. The van der Waals surface area contributed by atoms with Crippen LogP contribution in [0.15, 0.2) is 46.9 Å². The summed E-state index contributed by atoms with van der Waals surface area (Å²) >= 11 is 16.6. The second kappa shape index (κ2) is 6.12. The summed E-state index contributed by atoms with van der Waals surface area (Å²) in [7, 11) is 0. The first-order chi connectivity index (χ1) is 11.6. The van der Waals surface area contributed by atoms with Crippen molar-refractivity contribution >= 4 is 46.9 Å². The van der Waals surface area contributed by atoms with Crippen LogP contribution in [0.25, 0.3) is 22.5 Å². The van der Waals surface area contributed by atoms with Crippen molar-refractivity contribution < 1.29 is 4.42 Å². The van der Waals surface area contributed by atoms with Crippen LogP contribution in [0.5, 0.6) is 0 Å². The lowest BCUT2D eigenvalue weighted by Crippen LogP contribution is -1.96. The van der Waals surface area contributed by atoms with Crippen LogP contribution in [-0.2, 0) is 0 Å². The van der Waals surface area contributed by atoms with Gasteiger partial charge in [0.25, 0.3) is 0 Å². The highest BCUT2D eigenvalue weighted by Crippen LogP contribution is 2.32. The Bertz CT molecular complexity index is 997. The quantitative estimate of drug-likeness (QED) is 0.497. The topological polar surface area (TPSA) is 67.6 Å². The third-order valence-corrected chi connectivity index (χ3v) is 4.52. The van der Waals surface area contributed by atoms with Gasteiger partial charge in [-0.1, -0.05) is 35.3 Å². The molecule has 1 atom stereocenters. The molecule has 4 aromatic rings. The molecule has 5 nitrogen and oxygen atoms in total. The Labute approximate surface area is 152 Å². The molecule has 0 spiro atoms. The first-order valence-corrected chi connectivity index (χ1v) is 8.30. The summed E-state index contributed by atoms with van der Waals surface area (Å²) < 4.78 is 5.72. The van der Waals surface area contributed by atoms with Gasteiger partial charge in [0, 0.05) is 5.02 Å². The van der Waals surface area contributed by atoms with Gasteiger partial charge in [-0.2, -0.15) is 12.6 Å². The summed E-state index contributed by atoms with van der Waals surface area (Å²) in [5.41, 5.74) is 2.39. The van der Waals surface area contributed by atoms with Gasteiger partial charge in [0.05, 0.1) is 21.6 Å². The van der Waals surface area contributed by atoms with Crippen molar-refractivity contribution in [3.05, 3.63) is 64.2 Å². The minimum absolute atomic E-state index is 0.307. The minimum atomic E-state index is -0.468. The number of hydrogen-bond acceptors (Lipinski definition) is 5. The molecule has 2 aromatic heterocycles. The Morgan fingerprint density at radius 2 is 1.92 bits per heavy atom. The maximum atomic E-state index is 6.17. The number of H-pyrrole nitrogens is 1. The van der Waals surface area contributed by atoms with E-state index in [1.807, 2.05) is 24.3 Å². The highest BCUT2D eigenvalue weighted by molar-refractivity contribution is 7.80. The monoisotopic (exact) mass is 376 g/mol. The van der Waals surface area contributed by atoms with Gasteiger partial charge in [0.2, 0.25) is 11.8 Å². The van der Waals surface area contributed by atoms with Crippen LogP contribution in [0, 0.1) is 0 Å². The summed E-state index contributed by atoms with van der Waals surface area (Å²) in [5.74, 6) is 1.28. The van der Waals surface area contributed by atoms with E-state index in [9.17, 15) is 0 Å². The van der Waals surface area contributed by atoms with Crippen LogP contribution in [0.2, 0.25) is 10.0 Å². The average Bonchev–Trinajstić information content (AvgIpc) is 3.21. The fourth-order valence-electron chi connectivity index (χ4n) is 2.34. The molecule has 1 unspecified atom stereocenters. The maximum Gasteiger partial charge on any atom is 0.249 e. The van der Waals surface area contributed by atoms with Crippen LogP contribution in [0.1, 0.15) is 17.0 Å². The molecule has 0 radical (unpaired) electrons. The van der Waals surface area contributed by atoms with E-state index in [-0.39, 0.29) is 0 Å². The number of nitrogens with zero attached hydrogens (tertiary/aromatic N) is 3. The summed E-state index contributed by atoms with van der Waals surface area (Å²) in [6.45, 7) is 0. The van der Waals surface area contributed by atoms with Crippen LogP contribution in [0.3, 0.4) is 0 Å². The second-order valence-electron chi connectivity index (χ2n) is 5.11. The first kappa shape index (κ1) is 15.5. The van der Waals surface area contributed by atoms with Gasteiger partial charge < -0.3 is 9.40 Å². The predicted octanol–water partition coefficient (Wildman–Crippen LogP) is 4.94. The molecule has 0 fully saturated rings. The number of fused-ring (bicyclic) bond motifs is 1. The summed E-state index contributed by atoms with van der Waals surface area (Å²) in [4.78, 5) is 7.70. The number of benzene rings is 2. The zero-order valence-corrected chi connectivity index (χ0v) is 14.5. The van der Waals surface area contributed by atoms with Gasteiger partial charge in [-0.15, -0.1) is 10.2 Å². The number of thiol groups is 1. The normalized spacial score (nSPS) is 12.6. The smallest absolute Gasteiger partial charge is 0.249 e. The zero-order valence-electron chi connectivity index (χ0n) is 12.1. The molecule has 1 N–H and O–H groups in total. The first-order valence-electron chi connectivity index (χ1n) is 7.03. The number of para-hydroxylation sites is 2. The van der Waals surface area contributed by atoms with Crippen molar-refractivity contribution in [3.63, 3.8) is 0 Å². The molecule has 2 heterocycles. The number of imidazole rings is 1. The van der Waals surface area contributed by atoms with Crippen LogP contribution in [-0.4, -0.2) is 20.2 Å². The molecule has 120 valence electrons. The Kier molecular flexibility index (Phi) is 3.96. The maximum absolute atomic E-state index is 6.17. The van der Waals surface area contributed by atoms with Crippen LogP contribution in [0.4, 0.5) is 0 Å². The highest BCUT2D eigenvalue weighted by Gasteiger charge is 2.21. The molecule has 0 aliphatic heterocycles. The van der Waals surface area contributed by atoms with Crippen molar-refractivity contribution in [1.29, 1.82) is 0 Å². The number of aromatic amines is 1. The van der Waals surface area contributed by atoms with E-state index in [2.05, 4.69) is 32.8 Å². The summed E-state index contributed by atoms with van der Waals surface area (Å²) in [6.07, 6.45) is 0. The standard InChI is InChI=1S/C16H10Cl2N4OS/c17-8-5-6-9(10(18)7-8)15-21-22-16(23-15)13(24)14-19-11-3-1-2-4-12(11)20-14/h1-7,13,24H,(H,19,20). The van der Waals surface area contributed by atoms with Gasteiger partial charge in [-0.25, -0.2) is 4.98 Å². The highest BCUT2D eigenvalue weighted by atomic mass is 35.5. The SMILES string of the molecule is SC(c1nc2ccccc2[nH]1)c1nnc(-c2ccc(Cl)cc2Cl)o1. The minimum Gasteiger partial charge on any atom is -0.419 e. The molecule has 0 saturated carbocycles. The van der Waals surface area contributed by atoms with Gasteiger partial charge in [-0.3, -0.25) is 0 Å². The average molecular weight is 377 g/mol. The largest absolute Gasteiger partial charge is 0.419 e. The molecule has 0 saturated heterocycles. The lowest BCUT2D eigenvalue weighted by molar-refractivity contribution is 0.512. The zero-order chi connectivity index (χ0) is 16.7. The van der Waals surface area contributed by atoms with Gasteiger partial charge >= 0.3 is 0 Å². The van der Waals surface area contributed by atoms with E-state index >= 15 is 0 Å². The second-order valence-corrected chi connectivity index (χ2v) is 6.47. The van der Waals surface area contributed by atoms with E-state index in [0.29, 0.717) is 33.2 Å². The molecule has 8 heteroatoms. The van der Waals surface area contributed by atoms with Gasteiger partial charge in [-0.05, 0) is 30.3 Å². The van der Waals surface area contributed by atoms with Crippen LogP contribution >= 0.6 is 35.8 Å². The van der Waals surface area contributed by atoms with Crippen molar-refractivity contribution in [3.8, 4) is 11.5 Å². The third-order valence-electron chi connectivity index (χ3n) is 3.50. The molecule has 24 heavy (non-hydrogen) atoms. The van der Waals surface area contributed by atoms with E-state index in [0.717, 1.165) is 11.0 Å². The van der Waals surface area contributed by atoms with Crippen molar-refractivity contribution in [2.45, 2.75) is 5.25 Å². The Morgan fingerprint density at radius 3 is 2.71 bits per heavy atom. The van der Waals surface area contributed by atoms with E-state index in [1.54, 1.807) is 18.2 Å². The molecule has 0 bridgehead atoms. The van der Waals surface area contributed by atoms with E-state index < -0.39 is 5.25 Å². The fourth-order valence-corrected chi connectivity index (χ4v) is 3.05. The molecule has 2 aromatic carbocycles. The number of rotatable bonds is 3. The Morgan fingerprint density at radius 1 is 1.08 bits per heavy atom. The predicted molar refractivity (Wildman–Crippen MR) is 96.7 cm³/mol. The van der Waals surface area contributed by atoms with E-state index in [4.69, 9.17) is 27.6 Å². The number of halogens is 2. The molecule has 0 aliphatic rings. The summed E-state index contributed by atoms with van der Waals surface area (Å²) in [5, 5.41) is 8.61. The molecule has 0 aliphatic carbocycles. The molecule has 0 amide bonds. The Hall–Kier alpha value is -2.02. The lowest BCUT2D eigenvalue weighted by atomic mass is 10.2. The Balaban J connectivity index is 1.68. The van der Waals surface area contributed by atoms with Crippen LogP contribution < -0.4 is 0 Å². The fraction of sp³-hybridized carbons (Fsp3) is 0.0625. The van der Waals surface area contributed by atoms with Gasteiger partial charge in [0.1, 0.15) is 11.1 Å². The van der Waals surface area contributed by atoms with E-state index in [1.165, 1.54) is 0 Å². The summed E-state index contributed by atoms with van der Waals surface area (Å²) in [6, 6.07) is 12.8. The van der Waals surface area contributed by atoms with Crippen molar-refractivity contribution in [2.75, 3.05) is 0 Å². The molecular formula is C16H10Cl2N4OS. The van der Waals surface area contributed by atoms with Crippen molar-refractivity contribution in [1.82, 2.24) is 20.2 Å². The van der Waals surface area contributed by atoms with Crippen molar-refractivity contribution in [2.24, 2.45) is 0 Å². The van der Waals surface area contributed by atoms with Gasteiger partial charge in [0.15, 0.2) is 0 Å². The number of nitrogens with one attached hydrogen (secondary N) is 1. The molecule has 4 rings (SSSR count).